The number of rotatable bonds is 0. The van der Waals surface area contributed by atoms with E-state index in [-0.39, 0.29) is 19.5 Å². The van der Waals surface area contributed by atoms with Gasteiger partial charge in [0.1, 0.15) is 0 Å². The zero-order chi connectivity index (χ0) is 10.2. The summed E-state index contributed by atoms with van der Waals surface area (Å²) < 4.78 is 0. The molecule has 0 spiro atoms. The Kier molecular flexibility index (Phi) is 7.86. The van der Waals surface area contributed by atoms with Crippen molar-refractivity contribution in [3.63, 3.8) is 0 Å². The Hall–Kier alpha value is -0.937. The molecule has 1 heteroatoms. The van der Waals surface area contributed by atoms with Gasteiger partial charge < -0.3 is 0 Å². The first-order chi connectivity index (χ1) is 6.79. The minimum Gasteiger partial charge on any atom is -0.184 e. The molecule has 0 radical (unpaired) electrons. The first-order valence-corrected chi connectivity index (χ1v) is 4.64. The van der Waals surface area contributed by atoms with Gasteiger partial charge in [0, 0.05) is 0 Å². The molecule has 2 aromatic carbocycles. The number of hydrogen-bond acceptors (Lipinski definition) is 0. The van der Waals surface area contributed by atoms with Crippen molar-refractivity contribution >= 4 is 0 Å². The van der Waals surface area contributed by atoms with Gasteiger partial charge in [-0.1, -0.05) is 13.8 Å². The van der Waals surface area contributed by atoms with Crippen LogP contribution in [0.4, 0.5) is 0 Å². The summed E-state index contributed by atoms with van der Waals surface area (Å²) in [7, 11) is 0. The van der Waals surface area contributed by atoms with Crippen LogP contribution in [0.25, 0.3) is 0 Å². The second kappa shape index (κ2) is 8.38. The standard InChI is InChI=1S/2C7H7.Zn/c2*1-7-5-3-2-4-6-7;/h2*2-3,5-6H,1H3;/q2*-1;+2. The topological polar surface area (TPSA) is 0 Å². The molecule has 0 fully saturated rings. The molecule has 15 heavy (non-hydrogen) atoms. The molecule has 0 atom stereocenters. The van der Waals surface area contributed by atoms with E-state index in [4.69, 9.17) is 0 Å². The maximum atomic E-state index is 2.96. The van der Waals surface area contributed by atoms with Gasteiger partial charge in [0.15, 0.2) is 0 Å². The SMILES string of the molecule is Cc1c[c-]ccc1.Cc1c[c-]ccc1.[Zn+2]. The van der Waals surface area contributed by atoms with E-state index in [1.54, 1.807) is 0 Å². The van der Waals surface area contributed by atoms with Crippen LogP contribution in [0.15, 0.2) is 48.5 Å². The second-order valence-electron chi connectivity index (χ2n) is 3.16. The smallest absolute Gasteiger partial charge is 0.184 e. The fourth-order valence-corrected chi connectivity index (χ4v) is 0.966. The number of aryl methyl sites for hydroxylation is 2. The first-order valence-electron chi connectivity index (χ1n) is 4.64. The summed E-state index contributed by atoms with van der Waals surface area (Å²) in [5, 5.41) is 0. The number of hydrogen-bond donors (Lipinski definition) is 0. The quantitative estimate of drug-likeness (QED) is 0.493. The Bertz CT molecular complexity index is 303. The Morgan fingerprint density at radius 2 is 1.20 bits per heavy atom. The van der Waals surface area contributed by atoms with Gasteiger partial charge in [-0.3, -0.25) is 0 Å². The Balaban J connectivity index is 0.000000245. The van der Waals surface area contributed by atoms with Crippen molar-refractivity contribution < 1.29 is 19.5 Å². The van der Waals surface area contributed by atoms with Crippen LogP contribution in [-0.2, 0) is 19.5 Å². The fourth-order valence-electron chi connectivity index (χ4n) is 0.966. The van der Waals surface area contributed by atoms with Crippen molar-refractivity contribution in [2.45, 2.75) is 13.8 Å². The van der Waals surface area contributed by atoms with Gasteiger partial charge >= 0.3 is 19.5 Å². The summed E-state index contributed by atoms with van der Waals surface area (Å²) in [6.07, 6.45) is 0. The van der Waals surface area contributed by atoms with Crippen molar-refractivity contribution in [2.75, 3.05) is 0 Å². The average Bonchev–Trinajstić information content (AvgIpc) is 2.21. The van der Waals surface area contributed by atoms with Crippen LogP contribution in [-0.4, -0.2) is 0 Å². The van der Waals surface area contributed by atoms with Crippen LogP contribution in [0.2, 0.25) is 0 Å². The van der Waals surface area contributed by atoms with Gasteiger partial charge in [0.2, 0.25) is 0 Å². The van der Waals surface area contributed by atoms with E-state index in [0.717, 1.165) is 0 Å². The van der Waals surface area contributed by atoms with Crippen LogP contribution < -0.4 is 0 Å². The van der Waals surface area contributed by atoms with Gasteiger partial charge in [-0.25, -0.2) is 0 Å². The Labute approximate surface area is 105 Å². The summed E-state index contributed by atoms with van der Waals surface area (Å²) in [6.45, 7) is 4.10. The van der Waals surface area contributed by atoms with Crippen molar-refractivity contribution in [3.05, 3.63) is 71.8 Å². The summed E-state index contributed by atoms with van der Waals surface area (Å²) in [5.74, 6) is 0. The van der Waals surface area contributed by atoms with Crippen molar-refractivity contribution in [2.24, 2.45) is 0 Å². The Morgan fingerprint density at radius 3 is 1.33 bits per heavy atom. The monoisotopic (exact) mass is 246 g/mol. The molecule has 0 aliphatic carbocycles. The molecule has 0 aromatic heterocycles. The molecular formula is C14H14Zn. The minimum absolute atomic E-state index is 0. The van der Waals surface area contributed by atoms with Crippen molar-refractivity contribution in [3.8, 4) is 0 Å². The van der Waals surface area contributed by atoms with Gasteiger partial charge in [0.05, 0.1) is 0 Å². The van der Waals surface area contributed by atoms with E-state index in [0.29, 0.717) is 0 Å². The first kappa shape index (κ1) is 14.1. The molecule has 0 saturated carbocycles. The molecular weight excluding hydrogens is 234 g/mol. The predicted octanol–water partition coefficient (Wildman–Crippen LogP) is 3.59. The summed E-state index contributed by atoms with van der Waals surface area (Å²) in [4.78, 5) is 0. The zero-order valence-electron chi connectivity index (χ0n) is 9.33. The Morgan fingerprint density at radius 1 is 0.800 bits per heavy atom. The van der Waals surface area contributed by atoms with Gasteiger partial charge in [-0.15, -0.1) is 0 Å². The van der Waals surface area contributed by atoms with Crippen molar-refractivity contribution in [1.82, 2.24) is 0 Å². The third kappa shape index (κ3) is 7.05. The molecule has 0 heterocycles. The molecule has 0 amide bonds. The van der Waals surface area contributed by atoms with Gasteiger partial charge in [-0.2, -0.15) is 71.8 Å². The van der Waals surface area contributed by atoms with E-state index in [1.807, 2.05) is 36.4 Å². The molecule has 0 unspecified atom stereocenters. The summed E-state index contributed by atoms with van der Waals surface area (Å²) in [5.41, 5.74) is 2.53. The molecule has 72 valence electrons. The third-order valence-electron chi connectivity index (χ3n) is 1.73. The van der Waals surface area contributed by atoms with E-state index in [1.165, 1.54) is 11.1 Å². The maximum absolute atomic E-state index is 2.96. The largest absolute Gasteiger partial charge is 2.00 e. The molecule has 0 nitrogen and oxygen atoms in total. The van der Waals surface area contributed by atoms with E-state index < -0.39 is 0 Å². The minimum atomic E-state index is 0. The summed E-state index contributed by atoms with van der Waals surface area (Å²) in [6, 6.07) is 21.7. The normalized spacial score (nSPS) is 8.13. The van der Waals surface area contributed by atoms with Crippen LogP contribution in [0.5, 0.6) is 0 Å². The van der Waals surface area contributed by atoms with Crippen LogP contribution >= 0.6 is 0 Å². The van der Waals surface area contributed by atoms with Crippen molar-refractivity contribution in [1.29, 1.82) is 0 Å². The van der Waals surface area contributed by atoms with Crippen LogP contribution in [0, 0.1) is 26.0 Å². The van der Waals surface area contributed by atoms with Crippen LogP contribution in [0.3, 0.4) is 0 Å². The molecule has 0 N–H and O–H groups in total. The van der Waals surface area contributed by atoms with E-state index >= 15 is 0 Å². The van der Waals surface area contributed by atoms with Gasteiger partial charge in [0.25, 0.3) is 0 Å². The van der Waals surface area contributed by atoms with Gasteiger partial charge in [-0.05, 0) is 0 Å². The molecule has 2 aromatic rings. The second-order valence-corrected chi connectivity index (χ2v) is 3.16. The molecule has 0 aliphatic heterocycles. The summed E-state index contributed by atoms with van der Waals surface area (Å²) >= 11 is 0. The predicted molar refractivity (Wildman–Crippen MR) is 60.0 cm³/mol. The third-order valence-corrected chi connectivity index (χ3v) is 1.73. The fraction of sp³-hybridized carbons (Fsp3) is 0.143. The molecule has 0 bridgehead atoms. The van der Waals surface area contributed by atoms with E-state index in [9.17, 15) is 0 Å². The zero-order valence-corrected chi connectivity index (χ0v) is 12.3. The molecule has 0 saturated heterocycles. The van der Waals surface area contributed by atoms with E-state index in [2.05, 4.69) is 38.1 Å². The maximum Gasteiger partial charge on any atom is 2.00 e. The average molecular weight is 248 g/mol. The number of benzene rings is 2. The molecule has 0 aliphatic rings. The molecule has 2 rings (SSSR count). The van der Waals surface area contributed by atoms with Crippen LogP contribution in [0.1, 0.15) is 11.1 Å².